The first kappa shape index (κ1) is 22.2. The van der Waals surface area contributed by atoms with Gasteiger partial charge < -0.3 is 17.2 Å². The molecule has 1 aromatic carbocycles. The second-order valence-electron chi connectivity index (χ2n) is 6.22. The maximum atomic E-state index is 12.7. The highest BCUT2D eigenvalue weighted by atomic mass is 32.2. The predicted octanol–water partition coefficient (Wildman–Crippen LogP) is -2.01. The summed E-state index contributed by atoms with van der Waals surface area (Å²) >= 11 is 0. The number of aromatic amines is 1. The molecule has 31 heavy (non-hydrogen) atoms. The van der Waals surface area contributed by atoms with Gasteiger partial charge in [0, 0.05) is 18.3 Å². The Morgan fingerprint density at radius 3 is 2.42 bits per heavy atom. The minimum Gasteiger partial charge on any atom is -0.383 e. The molecule has 164 valence electrons. The number of nitrogens with one attached hydrogen (secondary N) is 1. The van der Waals surface area contributed by atoms with Gasteiger partial charge in [0.25, 0.3) is 5.91 Å². The molecule has 0 atom stereocenters. The first-order valence-electron chi connectivity index (χ1n) is 8.39. The number of sulfone groups is 1. The number of nitrogens with zero attached hydrogens (tertiary/aromatic N) is 4. The van der Waals surface area contributed by atoms with Gasteiger partial charge >= 0.3 is 0 Å². The first-order chi connectivity index (χ1) is 14.5. The number of carbonyl (C=O) groups excluding carboxylic acids is 1. The molecule has 16 heteroatoms. The lowest BCUT2D eigenvalue weighted by molar-refractivity contribution is 0.100. The van der Waals surface area contributed by atoms with E-state index in [9.17, 15) is 21.6 Å². The van der Waals surface area contributed by atoms with E-state index in [1.54, 1.807) is 0 Å². The molecule has 0 fully saturated rings. The minimum absolute atomic E-state index is 0.0899. The molecule has 2 aromatic heterocycles. The van der Waals surface area contributed by atoms with E-state index >= 15 is 0 Å². The highest BCUT2D eigenvalue weighted by molar-refractivity contribution is 7.93. The van der Waals surface area contributed by atoms with Crippen LogP contribution in [-0.2, 0) is 19.9 Å². The summed E-state index contributed by atoms with van der Waals surface area (Å²) in [7, 11) is -8.78. The number of rotatable bonds is 7. The Kier molecular flexibility index (Phi) is 5.72. The Bertz CT molecular complexity index is 1370. The monoisotopic (exact) mass is 467 g/mol. The smallest absolute Gasteiger partial charge is 0.252 e. The zero-order valence-corrected chi connectivity index (χ0v) is 17.3. The molecular formula is C15H17N9O5S2. The Morgan fingerprint density at radius 2 is 1.87 bits per heavy atom. The molecule has 3 rings (SSSR count). The molecule has 0 aliphatic heterocycles. The topological polar surface area (TPSA) is 257 Å². The highest BCUT2D eigenvalue weighted by Gasteiger charge is 2.32. The van der Waals surface area contributed by atoms with E-state index in [0.717, 1.165) is 6.07 Å². The summed E-state index contributed by atoms with van der Waals surface area (Å²) in [5, 5.41) is 18.5. The lowest BCUT2D eigenvalue weighted by Crippen LogP contribution is -2.22. The van der Waals surface area contributed by atoms with Gasteiger partial charge in [-0.25, -0.2) is 27.0 Å². The molecule has 0 saturated carbocycles. The fraction of sp³-hybridized carbons (Fsp3) is 0.133. The maximum Gasteiger partial charge on any atom is 0.252 e. The third-order valence-electron chi connectivity index (χ3n) is 4.19. The number of nitrogen functional groups attached to an aromatic ring is 1. The Balaban J connectivity index is 2.48. The van der Waals surface area contributed by atoms with Crippen molar-refractivity contribution < 1.29 is 21.6 Å². The number of amides is 1. The number of anilines is 1. The standard InChI is InChI=1S/C15H17N9O5S2/c16-3-4-30(26,27)10-2-1-8(7-5-9(14(18)25)13(17)20-6-7)11(12(10)31(19,28)29)15-21-23-24-22-15/h1-2,5-6H,3-4,16H2,(H2,17,20)(H2,18,25)(H2,19,28,29)(H,21,22,23,24). The van der Waals surface area contributed by atoms with Crippen molar-refractivity contribution in [3.63, 3.8) is 0 Å². The summed E-state index contributed by atoms with van der Waals surface area (Å²) in [6, 6.07) is 3.62. The van der Waals surface area contributed by atoms with Crippen LogP contribution in [0.1, 0.15) is 10.4 Å². The van der Waals surface area contributed by atoms with Crippen LogP contribution in [0.5, 0.6) is 0 Å². The zero-order chi connectivity index (χ0) is 23.0. The molecule has 0 aliphatic rings. The van der Waals surface area contributed by atoms with Crippen LogP contribution >= 0.6 is 0 Å². The lowest BCUT2D eigenvalue weighted by atomic mass is 9.99. The van der Waals surface area contributed by atoms with Crippen LogP contribution in [0, 0.1) is 0 Å². The van der Waals surface area contributed by atoms with Crippen LogP contribution in [0.4, 0.5) is 5.82 Å². The number of pyridine rings is 1. The number of nitrogens with two attached hydrogens (primary N) is 4. The molecule has 0 unspecified atom stereocenters. The predicted molar refractivity (Wildman–Crippen MR) is 108 cm³/mol. The van der Waals surface area contributed by atoms with E-state index in [-0.39, 0.29) is 40.4 Å². The van der Waals surface area contributed by atoms with Gasteiger partial charge in [0.15, 0.2) is 9.84 Å². The van der Waals surface area contributed by atoms with Crippen molar-refractivity contribution in [3.8, 4) is 22.5 Å². The minimum atomic E-state index is -4.64. The van der Waals surface area contributed by atoms with E-state index in [1.807, 2.05) is 0 Å². The average Bonchev–Trinajstić information content (AvgIpc) is 3.21. The SMILES string of the molecule is NCCS(=O)(=O)c1ccc(-c2cnc(N)c(C(N)=O)c2)c(-c2nn[nH]n2)c1S(N)(=O)=O. The largest absolute Gasteiger partial charge is 0.383 e. The van der Waals surface area contributed by atoms with Crippen molar-refractivity contribution in [3.05, 3.63) is 30.0 Å². The fourth-order valence-electron chi connectivity index (χ4n) is 2.91. The molecule has 0 aliphatic carbocycles. The van der Waals surface area contributed by atoms with Crippen LogP contribution < -0.4 is 22.3 Å². The summed E-state index contributed by atoms with van der Waals surface area (Å²) in [4.78, 5) is 14.2. The molecule has 0 saturated heterocycles. The van der Waals surface area contributed by atoms with Crippen LogP contribution in [-0.4, -0.2) is 60.6 Å². The van der Waals surface area contributed by atoms with Crippen LogP contribution in [0.2, 0.25) is 0 Å². The van der Waals surface area contributed by atoms with Crippen LogP contribution in [0.15, 0.2) is 34.2 Å². The molecule has 3 aromatic rings. The second-order valence-corrected chi connectivity index (χ2v) is 9.80. The molecule has 0 bridgehead atoms. The third kappa shape index (κ3) is 4.22. The maximum absolute atomic E-state index is 12.7. The molecular weight excluding hydrogens is 450 g/mol. The number of sulfonamides is 1. The van der Waals surface area contributed by atoms with Crippen LogP contribution in [0.3, 0.4) is 0 Å². The summed E-state index contributed by atoms with van der Waals surface area (Å²) in [5.41, 5.74) is 16.2. The van der Waals surface area contributed by atoms with Crippen molar-refractivity contribution in [1.29, 1.82) is 0 Å². The Morgan fingerprint density at radius 1 is 1.16 bits per heavy atom. The van der Waals surface area contributed by atoms with Crippen molar-refractivity contribution >= 4 is 31.6 Å². The van der Waals surface area contributed by atoms with Gasteiger partial charge in [0.05, 0.1) is 21.8 Å². The Hall–Kier alpha value is -3.47. The van der Waals surface area contributed by atoms with Crippen LogP contribution in [0.25, 0.3) is 22.5 Å². The van der Waals surface area contributed by atoms with E-state index in [4.69, 9.17) is 22.3 Å². The van der Waals surface area contributed by atoms with Gasteiger partial charge in [-0.15, -0.1) is 10.2 Å². The van der Waals surface area contributed by atoms with Crippen molar-refractivity contribution in [1.82, 2.24) is 25.6 Å². The van der Waals surface area contributed by atoms with Gasteiger partial charge in [-0.1, -0.05) is 6.07 Å². The zero-order valence-electron chi connectivity index (χ0n) is 15.7. The van der Waals surface area contributed by atoms with Gasteiger partial charge in [-0.05, 0) is 22.9 Å². The van der Waals surface area contributed by atoms with Crippen molar-refractivity contribution in [2.45, 2.75) is 9.79 Å². The summed E-state index contributed by atoms with van der Waals surface area (Å²) in [6.07, 6.45) is 1.24. The molecule has 14 nitrogen and oxygen atoms in total. The third-order valence-corrected chi connectivity index (χ3v) is 7.10. The Labute approximate surface area is 176 Å². The summed E-state index contributed by atoms with van der Waals surface area (Å²) < 4.78 is 50.4. The van der Waals surface area contributed by atoms with E-state index in [2.05, 4.69) is 25.6 Å². The molecule has 1 amide bonds. The van der Waals surface area contributed by atoms with Gasteiger partial charge in [0.2, 0.25) is 15.8 Å². The lowest BCUT2D eigenvalue weighted by Gasteiger charge is -2.16. The quantitative estimate of drug-likeness (QED) is 0.253. The summed E-state index contributed by atoms with van der Waals surface area (Å²) in [6.45, 7) is -0.254. The van der Waals surface area contributed by atoms with E-state index in [1.165, 1.54) is 18.3 Å². The number of tetrazole rings is 1. The normalized spacial score (nSPS) is 12.1. The van der Waals surface area contributed by atoms with Crippen molar-refractivity contribution in [2.75, 3.05) is 18.0 Å². The molecule has 0 spiro atoms. The number of benzene rings is 1. The molecule has 2 heterocycles. The molecule has 9 N–H and O–H groups in total. The number of hydrogen-bond donors (Lipinski definition) is 5. The number of H-pyrrole nitrogens is 1. The van der Waals surface area contributed by atoms with E-state index in [0.29, 0.717) is 0 Å². The second kappa shape index (κ2) is 7.99. The van der Waals surface area contributed by atoms with Crippen molar-refractivity contribution in [2.24, 2.45) is 16.6 Å². The van der Waals surface area contributed by atoms with Gasteiger partial charge in [0.1, 0.15) is 10.7 Å². The summed E-state index contributed by atoms with van der Waals surface area (Å²) in [5.74, 6) is -1.82. The number of primary sulfonamides is 1. The molecule has 0 radical (unpaired) electrons. The van der Waals surface area contributed by atoms with Gasteiger partial charge in [-0.2, -0.15) is 5.21 Å². The first-order valence-corrected chi connectivity index (χ1v) is 11.6. The van der Waals surface area contributed by atoms with E-state index < -0.39 is 41.3 Å². The van der Waals surface area contributed by atoms with Gasteiger partial charge in [-0.3, -0.25) is 4.79 Å². The highest BCUT2D eigenvalue weighted by Crippen LogP contribution is 2.39. The fourth-order valence-corrected chi connectivity index (χ4v) is 5.66. The number of carbonyl (C=O) groups is 1. The number of primary amides is 1. The average molecular weight is 467 g/mol. The number of hydrogen-bond acceptors (Lipinski definition) is 11. The number of aromatic nitrogens is 5.